The smallest absolute Gasteiger partial charge is 0.146 e. The molecular weight excluding hydrogens is 223 g/mol. The van der Waals surface area contributed by atoms with E-state index >= 15 is 0 Å². The zero-order valence-corrected chi connectivity index (χ0v) is 10.0. The fraction of sp³-hybridized carbons (Fsp3) is 0.250. The van der Waals surface area contributed by atoms with Gasteiger partial charge < -0.3 is 5.32 Å². The van der Waals surface area contributed by atoms with E-state index in [0.717, 1.165) is 10.4 Å². The molecular formula is C12H13FN2S. The van der Waals surface area contributed by atoms with Crippen LogP contribution in [0.5, 0.6) is 0 Å². The molecule has 4 heteroatoms. The van der Waals surface area contributed by atoms with Crippen LogP contribution >= 0.6 is 11.3 Å². The van der Waals surface area contributed by atoms with Crippen LogP contribution in [0.15, 0.2) is 29.9 Å². The number of benzene rings is 1. The summed E-state index contributed by atoms with van der Waals surface area (Å²) in [5.41, 5.74) is 3.24. The Morgan fingerprint density at radius 3 is 2.88 bits per heavy atom. The van der Waals surface area contributed by atoms with Gasteiger partial charge in [-0.1, -0.05) is 6.07 Å². The summed E-state index contributed by atoms with van der Waals surface area (Å²) in [6, 6.07) is 5.26. The van der Waals surface area contributed by atoms with E-state index in [1.807, 2.05) is 19.9 Å². The number of anilines is 1. The Labute approximate surface area is 98.2 Å². The number of thiazole rings is 1. The predicted octanol–water partition coefficient (Wildman–Crippen LogP) is 3.76. The molecule has 0 aliphatic carbocycles. The number of aryl methyl sites for hydroxylation is 1. The van der Waals surface area contributed by atoms with Crippen LogP contribution in [-0.4, -0.2) is 4.98 Å². The monoisotopic (exact) mass is 236 g/mol. The lowest BCUT2D eigenvalue weighted by molar-refractivity contribution is 0.626. The van der Waals surface area contributed by atoms with Crippen molar-refractivity contribution in [2.24, 2.45) is 0 Å². The molecule has 0 saturated carbocycles. The first kappa shape index (κ1) is 11.1. The number of hydrogen-bond donors (Lipinski definition) is 1. The molecule has 1 heterocycles. The summed E-state index contributed by atoms with van der Waals surface area (Å²) in [6.45, 7) is 3.87. The Balaban J connectivity index is 2.15. The third kappa shape index (κ3) is 2.39. The first-order chi connectivity index (χ1) is 7.66. The lowest BCUT2D eigenvalue weighted by Gasteiger charge is -2.14. The summed E-state index contributed by atoms with van der Waals surface area (Å²) < 4.78 is 13.6. The molecule has 1 atom stereocenters. The van der Waals surface area contributed by atoms with Gasteiger partial charge in [-0.05, 0) is 31.5 Å². The Kier molecular flexibility index (Phi) is 3.19. The van der Waals surface area contributed by atoms with Gasteiger partial charge in [-0.3, -0.25) is 4.98 Å². The highest BCUT2D eigenvalue weighted by molar-refractivity contribution is 7.09. The SMILES string of the molecule is Cc1ccc(NC(C)c2cncs2)c(F)c1. The van der Waals surface area contributed by atoms with E-state index < -0.39 is 0 Å². The molecule has 1 aromatic heterocycles. The van der Waals surface area contributed by atoms with Crippen molar-refractivity contribution in [2.45, 2.75) is 19.9 Å². The van der Waals surface area contributed by atoms with Gasteiger partial charge in [-0.15, -0.1) is 11.3 Å². The van der Waals surface area contributed by atoms with Crippen molar-refractivity contribution in [3.8, 4) is 0 Å². The summed E-state index contributed by atoms with van der Waals surface area (Å²) in [5.74, 6) is -0.212. The van der Waals surface area contributed by atoms with Crippen LogP contribution in [0.3, 0.4) is 0 Å². The van der Waals surface area contributed by atoms with Crippen LogP contribution in [0, 0.1) is 12.7 Å². The highest BCUT2D eigenvalue weighted by Crippen LogP contribution is 2.24. The number of hydrogen-bond acceptors (Lipinski definition) is 3. The molecule has 0 radical (unpaired) electrons. The molecule has 2 rings (SSSR count). The molecule has 2 nitrogen and oxygen atoms in total. The molecule has 0 amide bonds. The minimum atomic E-state index is -0.212. The molecule has 0 saturated heterocycles. The molecule has 16 heavy (non-hydrogen) atoms. The van der Waals surface area contributed by atoms with E-state index in [-0.39, 0.29) is 11.9 Å². The summed E-state index contributed by atoms with van der Waals surface area (Å²) >= 11 is 1.56. The number of nitrogens with one attached hydrogen (secondary N) is 1. The van der Waals surface area contributed by atoms with E-state index in [0.29, 0.717) is 5.69 Å². The minimum absolute atomic E-state index is 0.0738. The quantitative estimate of drug-likeness (QED) is 0.877. The fourth-order valence-electron chi connectivity index (χ4n) is 1.48. The van der Waals surface area contributed by atoms with Gasteiger partial charge in [0.1, 0.15) is 5.82 Å². The van der Waals surface area contributed by atoms with Crippen LogP contribution < -0.4 is 5.32 Å². The van der Waals surface area contributed by atoms with Crippen LogP contribution in [0.1, 0.15) is 23.4 Å². The molecule has 84 valence electrons. The largest absolute Gasteiger partial charge is 0.375 e. The predicted molar refractivity (Wildman–Crippen MR) is 65.3 cm³/mol. The van der Waals surface area contributed by atoms with E-state index in [9.17, 15) is 4.39 Å². The lowest BCUT2D eigenvalue weighted by Crippen LogP contribution is -2.06. The molecule has 0 aliphatic heterocycles. The molecule has 0 aliphatic rings. The van der Waals surface area contributed by atoms with Gasteiger partial charge in [-0.25, -0.2) is 4.39 Å². The normalized spacial score (nSPS) is 12.4. The molecule has 0 fully saturated rings. The van der Waals surface area contributed by atoms with Crippen molar-refractivity contribution in [1.29, 1.82) is 0 Å². The van der Waals surface area contributed by atoms with E-state index in [4.69, 9.17) is 0 Å². The number of nitrogens with zero attached hydrogens (tertiary/aromatic N) is 1. The molecule has 0 spiro atoms. The average Bonchev–Trinajstić information content (AvgIpc) is 2.75. The topological polar surface area (TPSA) is 24.9 Å². The van der Waals surface area contributed by atoms with Gasteiger partial charge in [0.25, 0.3) is 0 Å². The van der Waals surface area contributed by atoms with E-state index in [2.05, 4.69) is 10.3 Å². The van der Waals surface area contributed by atoms with Crippen LogP contribution in [0.25, 0.3) is 0 Å². The van der Waals surface area contributed by atoms with Gasteiger partial charge in [0, 0.05) is 11.1 Å². The van der Waals surface area contributed by atoms with Crippen molar-refractivity contribution in [2.75, 3.05) is 5.32 Å². The minimum Gasteiger partial charge on any atom is -0.375 e. The van der Waals surface area contributed by atoms with Crippen molar-refractivity contribution < 1.29 is 4.39 Å². The Hall–Kier alpha value is -1.42. The zero-order valence-electron chi connectivity index (χ0n) is 9.20. The first-order valence-corrected chi connectivity index (χ1v) is 5.96. The van der Waals surface area contributed by atoms with Gasteiger partial charge >= 0.3 is 0 Å². The highest BCUT2D eigenvalue weighted by Gasteiger charge is 2.09. The van der Waals surface area contributed by atoms with Gasteiger partial charge in [0.05, 0.1) is 17.2 Å². The van der Waals surface area contributed by atoms with Crippen molar-refractivity contribution in [3.05, 3.63) is 46.2 Å². The van der Waals surface area contributed by atoms with Crippen LogP contribution in [-0.2, 0) is 0 Å². The highest BCUT2D eigenvalue weighted by atomic mass is 32.1. The molecule has 1 aromatic carbocycles. The van der Waals surface area contributed by atoms with Gasteiger partial charge in [0.15, 0.2) is 0 Å². The Morgan fingerprint density at radius 1 is 1.44 bits per heavy atom. The van der Waals surface area contributed by atoms with Gasteiger partial charge in [-0.2, -0.15) is 0 Å². The van der Waals surface area contributed by atoms with Crippen LogP contribution in [0.4, 0.5) is 10.1 Å². The summed E-state index contributed by atoms with van der Waals surface area (Å²) in [6.07, 6.45) is 1.80. The number of aromatic nitrogens is 1. The average molecular weight is 236 g/mol. The van der Waals surface area contributed by atoms with Crippen molar-refractivity contribution in [3.63, 3.8) is 0 Å². The lowest BCUT2D eigenvalue weighted by atomic mass is 10.2. The van der Waals surface area contributed by atoms with E-state index in [1.165, 1.54) is 6.07 Å². The van der Waals surface area contributed by atoms with Crippen molar-refractivity contribution >= 4 is 17.0 Å². The molecule has 1 unspecified atom stereocenters. The van der Waals surface area contributed by atoms with E-state index in [1.54, 1.807) is 29.1 Å². The maximum Gasteiger partial charge on any atom is 0.146 e. The standard InChI is InChI=1S/C12H13FN2S/c1-8-3-4-11(10(13)5-8)15-9(2)12-6-14-7-16-12/h3-7,9,15H,1-2H3. The summed E-state index contributed by atoms with van der Waals surface area (Å²) in [7, 11) is 0. The number of halogens is 1. The second-order valence-corrected chi connectivity index (χ2v) is 4.67. The van der Waals surface area contributed by atoms with Crippen molar-refractivity contribution in [1.82, 2.24) is 4.98 Å². The fourth-order valence-corrected chi connectivity index (χ4v) is 2.11. The first-order valence-electron chi connectivity index (χ1n) is 5.08. The second-order valence-electron chi connectivity index (χ2n) is 3.75. The van der Waals surface area contributed by atoms with Gasteiger partial charge in [0.2, 0.25) is 0 Å². The molecule has 2 aromatic rings. The Bertz CT molecular complexity index is 468. The Morgan fingerprint density at radius 2 is 2.25 bits per heavy atom. The summed E-state index contributed by atoms with van der Waals surface area (Å²) in [4.78, 5) is 5.10. The maximum absolute atomic E-state index is 13.6. The third-order valence-corrected chi connectivity index (χ3v) is 3.33. The third-order valence-electron chi connectivity index (χ3n) is 2.37. The maximum atomic E-state index is 13.6. The summed E-state index contributed by atoms with van der Waals surface area (Å²) in [5, 5.41) is 3.14. The zero-order chi connectivity index (χ0) is 11.5. The second kappa shape index (κ2) is 4.61. The molecule has 0 bridgehead atoms. The number of rotatable bonds is 3. The van der Waals surface area contributed by atoms with Crippen LogP contribution in [0.2, 0.25) is 0 Å². The molecule has 1 N–H and O–H groups in total.